The number of hydrogen-bond acceptors (Lipinski definition) is 2. The van der Waals surface area contributed by atoms with Gasteiger partial charge in [0.05, 0.1) is 5.69 Å². The summed E-state index contributed by atoms with van der Waals surface area (Å²) in [6.07, 6.45) is -3.56. The molecule has 0 amide bonds. The molecule has 0 spiro atoms. The molecular weight excluding hydrogens is 297 g/mol. The molecule has 0 aliphatic rings. The van der Waals surface area contributed by atoms with E-state index in [1.54, 1.807) is 19.1 Å². The number of aromatic nitrogens is 1. The topological polar surface area (TPSA) is 16.1 Å². The lowest BCUT2D eigenvalue weighted by atomic mass is 10.3. The van der Waals surface area contributed by atoms with E-state index in [1.807, 2.05) is 6.92 Å². The van der Waals surface area contributed by atoms with Crippen LogP contribution in [0.1, 0.15) is 19.0 Å². The molecule has 1 aromatic heterocycles. The molecule has 6 heteroatoms. The van der Waals surface area contributed by atoms with Gasteiger partial charge in [-0.3, -0.25) is 0 Å². The average Bonchev–Trinajstić information content (AvgIpc) is 2.19. The fourth-order valence-corrected chi connectivity index (χ4v) is 1.69. The van der Waals surface area contributed by atoms with Crippen LogP contribution in [-0.2, 0) is 0 Å². The predicted molar refractivity (Wildman–Crippen MR) is 65.2 cm³/mol. The Balaban J connectivity index is 2.93. The number of anilines is 1. The van der Waals surface area contributed by atoms with E-state index in [2.05, 4.69) is 20.9 Å². The molecular formula is C11H14BrF3N2. The van der Waals surface area contributed by atoms with Gasteiger partial charge in [-0.05, 0) is 41.4 Å². The first kappa shape index (κ1) is 14.3. The van der Waals surface area contributed by atoms with Gasteiger partial charge in [0.15, 0.2) is 0 Å². The summed E-state index contributed by atoms with van der Waals surface area (Å²) in [6.45, 7) is 2.98. The lowest BCUT2D eigenvalue weighted by Crippen LogP contribution is -2.35. The number of halogens is 4. The van der Waals surface area contributed by atoms with E-state index in [1.165, 1.54) is 4.90 Å². The molecule has 0 aromatic carbocycles. The van der Waals surface area contributed by atoms with Crippen LogP contribution in [0, 0.1) is 6.92 Å². The third-order valence-electron chi connectivity index (χ3n) is 2.19. The van der Waals surface area contributed by atoms with E-state index in [9.17, 15) is 13.2 Å². The summed E-state index contributed by atoms with van der Waals surface area (Å²) < 4.78 is 38.0. The van der Waals surface area contributed by atoms with Crippen LogP contribution in [0.4, 0.5) is 19.0 Å². The van der Waals surface area contributed by atoms with Crippen LogP contribution in [0.25, 0.3) is 0 Å². The van der Waals surface area contributed by atoms with Gasteiger partial charge in [0, 0.05) is 11.0 Å². The van der Waals surface area contributed by atoms with Crippen LogP contribution >= 0.6 is 15.9 Å². The lowest BCUT2D eigenvalue weighted by Gasteiger charge is -2.24. The first-order valence-corrected chi connectivity index (χ1v) is 6.07. The summed E-state index contributed by atoms with van der Waals surface area (Å²) in [5, 5.41) is 0. The predicted octanol–water partition coefficient (Wildman–Crippen LogP) is 3.93. The molecule has 0 unspecified atom stereocenters. The summed E-state index contributed by atoms with van der Waals surface area (Å²) in [7, 11) is 0. The quantitative estimate of drug-likeness (QED) is 0.837. The van der Waals surface area contributed by atoms with Crippen molar-refractivity contribution in [2.75, 3.05) is 18.0 Å². The van der Waals surface area contributed by atoms with Gasteiger partial charge in [0.2, 0.25) is 0 Å². The first-order valence-electron chi connectivity index (χ1n) is 5.28. The molecule has 96 valence electrons. The van der Waals surface area contributed by atoms with Crippen LogP contribution in [-0.4, -0.2) is 24.2 Å². The van der Waals surface area contributed by atoms with Crippen molar-refractivity contribution in [1.82, 2.24) is 4.98 Å². The molecule has 0 fully saturated rings. The fraction of sp³-hybridized carbons (Fsp3) is 0.545. The fourth-order valence-electron chi connectivity index (χ4n) is 1.47. The molecule has 0 saturated heterocycles. The maximum Gasteiger partial charge on any atom is 0.405 e. The van der Waals surface area contributed by atoms with E-state index in [4.69, 9.17) is 0 Å². The Bertz CT molecular complexity index is 379. The number of hydrogen-bond donors (Lipinski definition) is 0. The summed E-state index contributed by atoms with van der Waals surface area (Å²) in [6, 6.07) is 3.31. The van der Waals surface area contributed by atoms with Crippen LogP contribution in [0.2, 0.25) is 0 Å². The zero-order valence-corrected chi connectivity index (χ0v) is 11.3. The van der Waals surface area contributed by atoms with Crippen molar-refractivity contribution in [1.29, 1.82) is 0 Å². The summed E-state index contributed by atoms with van der Waals surface area (Å²) in [4.78, 5) is 5.40. The molecule has 0 atom stereocenters. The van der Waals surface area contributed by atoms with Crippen molar-refractivity contribution >= 4 is 21.7 Å². The Morgan fingerprint density at radius 2 is 2.00 bits per heavy atom. The molecule has 1 aromatic rings. The third-order valence-corrected chi connectivity index (χ3v) is 3.03. The van der Waals surface area contributed by atoms with Crippen LogP contribution in [0.15, 0.2) is 16.6 Å². The Labute approximate surface area is 107 Å². The van der Waals surface area contributed by atoms with Crippen molar-refractivity contribution in [3.63, 3.8) is 0 Å². The molecule has 0 bridgehead atoms. The van der Waals surface area contributed by atoms with E-state index in [-0.39, 0.29) is 0 Å². The minimum Gasteiger partial charge on any atom is -0.348 e. The van der Waals surface area contributed by atoms with Gasteiger partial charge >= 0.3 is 6.18 Å². The highest BCUT2D eigenvalue weighted by molar-refractivity contribution is 9.10. The second kappa shape index (κ2) is 5.71. The number of rotatable bonds is 4. The Morgan fingerprint density at radius 3 is 2.47 bits per heavy atom. The molecule has 0 aliphatic carbocycles. The van der Waals surface area contributed by atoms with Crippen LogP contribution in [0.3, 0.4) is 0 Å². The minimum atomic E-state index is -4.21. The molecule has 1 heterocycles. The second-order valence-corrected chi connectivity index (χ2v) is 4.63. The summed E-state index contributed by atoms with van der Waals surface area (Å²) in [5.41, 5.74) is 0.686. The summed E-state index contributed by atoms with van der Waals surface area (Å²) in [5.74, 6) is 0.366. The van der Waals surface area contributed by atoms with E-state index < -0.39 is 12.7 Å². The van der Waals surface area contributed by atoms with Crippen LogP contribution < -0.4 is 4.90 Å². The van der Waals surface area contributed by atoms with Gasteiger partial charge in [-0.15, -0.1) is 0 Å². The summed E-state index contributed by atoms with van der Waals surface area (Å²) >= 11 is 3.28. The molecule has 0 aliphatic heterocycles. The monoisotopic (exact) mass is 310 g/mol. The Morgan fingerprint density at radius 1 is 1.35 bits per heavy atom. The van der Waals surface area contributed by atoms with Crippen LogP contribution in [0.5, 0.6) is 0 Å². The highest BCUT2D eigenvalue weighted by Crippen LogP contribution is 2.23. The molecule has 0 N–H and O–H groups in total. The van der Waals surface area contributed by atoms with Crippen molar-refractivity contribution in [2.45, 2.75) is 26.4 Å². The second-order valence-electron chi connectivity index (χ2n) is 3.77. The lowest BCUT2D eigenvalue weighted by molar-refractivity contribution is -0.119. The van der Waals surface area contributed by atoms with Crippen molar-refractivity contribution < 1.29 is 13.2 Å². The Kier molecular flexibility index (Phi) is 4.80. The highest BCUT2D eigenvalue weighted by Gasteiger charge is 2.31. The first-order chi connectivity index (χ1) is 7.83. The maximum absolute atomic E-state index is 12.4. The zero-order chi connectivity index (χ0) is 13.1. The van der Waals surface area contributed by atoms with Gasteiger partial charge in [-0.2, -0.15) is 13.2 Å². The largest absolute Gasteiger partial charge is 0.405 e. The van der Waals surface area contributed by atoms with Gasteiger partial charge in [0.25, 0.3) is 0 Å². The van der Waals surface area contributed by atoms with E-state index in [0.29, 0.717) is 24.5 Å². The van der Waals surface area contributed by atoms with Crippen molar-refractivity contribution in [3.05, 3.63) is 22.3 Å². The molecule has 2 nitrogen and oxygen atoms in total. The number of alkyl halides is 3. The Hall–Kier alpha value is -0.780. The van der Waals surface area contributed by atoms with Gasteiger partial charge in [-0.1, -0.05) is 6.92 Å². The SMILES string of the molecule is CCCN(CC(F)(F)F)c1ccc(Br)c(C)n1. The maximum atomic E-state index is 12.4. The van der Waals surface area contributed by atoms with Gasteiger partial charge in [-0.25, -0.2) is 4.98 Å². The minimum absolute atomic E-state index is 0.341. The highest BCUT2D eigenvalue weighted by atomic mass is 79.9. The smallest absolute Gasteiger partial charge is 0.348 e. The normalized spacial score (nSPS) is 11.6. The van der Waals surface area contributed by atoms with E-state index in [0.717, 1.165) is 4.47 Å². The molecule has 1 rings (SSSR count). The van der Waals surface area contributed by atoms with Gasteiger partial charge < -0.3 is 4.90 Å². The molecule has 0 radical (unpaired) electrons. The third kappa shape index (κ3) is 4.53. The number of pyridine rings is 1. The molecule has 0 saturated carbocycles. The molecule has 17 heavy (non-hydrogen) atoms. The van der Waals surface area contributed by atoms with Crippen molar-refractivity contribution in [2.24, 2.45) is 0 Å². The van der Waals surface area contributed by atoms with Gasteiger partial charge in [0.1, 0.15) is 12.4 Å². The average molecular weight is 311 g/mol. The number of nitrogens with zero attached hydrogens (tertiary/aromatic N) is 2. The number of aryl methyl sites for hydroxylation is 1. The van der Waals surface area contributed by atoms with Crippen molar-refractivity contribution in [3.8, 4) is 0 Å². The standard InChI is InChI=1S/C11H14BrF3N2/c1-3-6-17(7-11(13,14)15)10-5-4-9(12)8(2)16-10/h4-5H,3,6-7H2,1-2H3. The zero-order valence-electron chi connectivity index (χ0n) is 9.68. The van der Waals surface area contributed by atoms with E-state index >= 15 is 0 Å².